The molecule has 0 unspecified atom stereocenters. The number of carbonyl (C=O) groups excluding carboxylic acids is 1. The van der Waals surface area contributed by atoms with Crippen LogP contribution in [0.4, 0.5) is 0 Å². The van der Waals surface area contributed by atoms with Gasteiger partial charge in [-0.25, -0.2) is 0 Å². The van der Waals surface area contributed by atoms with Crippen molar-refractivity contribution in [2.24, 2.45) is 0 Å². The maximum absolute atomic E-state index is 11.8. The fourth-order valence-electron chi connectivity index (χ4n) is 2.17. The Morgan fingerprint density at radius 3 is 2.89 bits per heavy atom. The highest BCUT2D eigenvalue weighted by Gasteiger charge is 2.21. The fourth-order valence-corrected chi connectivity index (χ4v) is 3.40. The molecule has 1 aromatic carbocycles. The van der Waals surface area contributed by atoms with Gasteiger partial charge in [0.1, 0.15) is 6.61 Å². The third kappa shape index (κ3) is 3.50. The number of amides is 1. The average Bonchev–Trinajstić information content (AvgIpc) is 2.66. The molecule has 1 aliphatic heterocycles. The third-order valence-electron chi connectivity index (χ3n) is 3.13. The van der Waals surface area contributed by atoms with Gasteiger partial charge >= 0.3 is 0 Å². The van der Waals surface area contributed by atoms with Crippen LogP contribution >= 0.6 is 11.8 Å². The lowest BCUT2D eigenvalue weighted by Crippen LogP contribution is -2.35. The highest BCUT2D eigenvalue weighted by molar-refractivity contribution is 7.99. The second-order valence-corrected chi connectivity index (χ2v) is 5.68. The summed E-state index contributed by atoms with van der Waals surface area (Å²) in [7, 11) is 1.57. The topological polar surface area (TPSA) is 29.5 Å². The van der Waals surface area contributed by atoms with Gasteiger partial charge in [0.15, 0.2) is 0 Å². The summed E-state index contributed by atoms with van der Waals surface area (Å²) >= 11 is 1.94. The molecule has 1 atom stereocenters. The predicted molar refractivity (Wildman–Crippen MR) is 74.7 cm³/mol. The summed E-state index contributed by atoms with van der Waals surface area (Å²) in [5, 5.41) is 0.506. The minimum Gasteiger partial charge on any atom is -0.375 e. The first-order valence-electron chi connectivity index (χ1n) is 6.24. The summed E-state index contributed by atoms with van der Waals surface area (Å²) in [6, 6.07) is 10.5. The number of ether oxygens (including phenoxy) is 1. The molecule has 4 heteroatoms. The van der Waals surface area contributed by atoms with E-state index in [1.807, 2.05) is 22.7 Å². The molecule has 2 rings (SSSR count). The molecule has 1 aromatic rings. The minimum atomic E-state index is 0.104. The summed E-state index contributed by atoms with van der Waals surface area (Å²) in [5.41, 5.74) is 1.36. The van der Waals surface area contributed by atoms with Gasteiger partial charge in [0.25, 0.3) is 0 Å². The van der Waals surface area contributed by atoms with Crippen molar-refractivity contribution in [2.45, 2.75) is 11.7 Å². The molecule has 0 saturated carbocycles. The van der Waals surface area contributed by atoms with E-state index in [9.17, 15) is 4.79 Å². The molecular weight excluding hydrogens is 246 g/mol. The molecular formula is C14H19NO2S. The molecule has 1 saturated heterocycles. The normalized spacial score (nSPS) is 20.5. The Morgan fingerprint density at radius 2 is 2.17 bits per heavy atom. The lowest BCUT2D eigenvalue weighted by molar-refractivity contribution is -0.134. The number of hydrogen-bond donors (Lipinski definition) is 0. The fraction of sp³-hybridized carbons (Fsp3) is 0.500. The molecule has 18 heavy (non-hydrogen) atoms. The number of thioether (sulfide) groups is 1. The quantitative estimate of drug-likeness (QED) is 0.840. The maximum atomic E-state index is 11.8. The van der Waals surface area contributed by atoms with Crippen LogP contribution in [0.5, 0.6) is 0 Å². The van der Waals surface area contributed by atoms with Gasteiger partial charge in [-0.1, -0.05) is 30.3 Å². The molecule has 1 heterocycles. The van der Waals surface area contributed by atoms with E-state index in [2.05, 4.69) is 24.3 Å². The minimum absolute atomic E-state index is 0.104. The molecule has 0 bridgehead atoms. The highest BCUT2D eigenvalue weighted by Crippen LogP contribution is 2.34. The van der Waals surface area contributed by atoms with Crippen LogP contribution in [0.15, 0.2) is 30.3 Å². The van der Waals surface area contributed by atoms with Crippen LogP contribution in [0.1, 0.15) is 17.2 Å². The zero-order valence-electron chi connectivity index (χ0n) is 10.7. The molecule has 98 valence electrons. The van der Waals surface area contributed by atoms with Crippen LogP contribution in [0.2, 0.25) is 0 Å². The van der Waals surface area contributed by atoms with Crippen LogP contribution in [0.3, 0.4) is 0 Å². The van der Waals surface area contributed by atoms with Crippen LogP contribution in [-0.4, -0.2) is 43.4 Å². The molecule has 1 fully saturated rings. The smallest absolute Gasteiger partial charge is 0.248 e. The molecule has 1 aliphatic rings. The Kier molecular flexibility index (Phi) is 5.08. The van der Waals surface area contributed by atoms with Crippen molar-refractivity contribution in [2.75, 3.05) is 32.6 Å². The number of hydrogen-bond acceptors (Lipinski definition) is 3. The van der Waals surface area contributed by atoms with Crippen molar-refractivity contribution in [1.82, 2.24) is 4.90 Å². The Morgan fingerprint density at radius 1 is 1.39 bits per heavy atom. The highest BCUT2D eigenvalue weighted by atomic mass is 32.2. The molecule has 3 nitrogen and oxygen atoms in total. The van der Waals surface area contributed by atoms with E-state index in [0.29, 0.717) is 5.25 Å². The summed E-state index contributed by atoms with van der Waals surface area (Å²) < 4.78 is 4.91. The van der Waals surface area contributed by atoms with Crippen LogP contribution in [-0.2, 0) is 9.53 Å². The summed E-state index contributed by atoms with van der Waals surface area (Å²) in [4.78, 5) is 13.7. The van der Waals surface area contributed by atoms with Gasteiger partial charge in [0.05, 0.1) is 0 Å². The van der Waals surface area contributed by atoms with E-state index >= 15 is 0 Å². The van der Waals surface area contributed by atoms with E-state index < -0.39 is 0 Å². The first-order chi connectivity index (χ1) is 8.81. The SMILES string of the molecule is COCC(=O)N1CCS[C@H](c2ccccc2)CC1. The van der Waals surface area contributed by atoms with Gasteiger partial charge in [-0.3, -0.25) is 4.79 Å². The Bertz CT molecular complexity index is 383. The molecule has 0 radical (unpaired) electrons. The van der Waals surface area contributed by atoms with E-state index in [1.54, 1.807) is 7.11 Å². The maximum Gasteiger partial charge on any atom is 0.248 e. The monoisotopic (exact) mass is 265 g/mol. The first kappa shape index (κ1) is 13.4. The average molecular weight is 265 g/mol. The van der Waals surface area contributed by atoms with E-state index in [-0.39, 0.29) is 12.5 Å². The zero-order chi connectivity index (χ0) is 12.8. The van der Waals surface area contributed by atoms with Gasteiger partial charge in [-0.15, -0.1) is 0 Å². The van der Waals surface area contributed by atoms with Crippen molar-refractivity contribution >= 4 is 17.7 Å². The Labute approximate surface area is 113 Å². The Balaban J connectivity index is 1.94. The first-order valence-corrected chi connectivity index (χ1v) is 7.29. The summed E-state index contributed by atoms with van der Waals surface area (Å²) in [6.45, 7) is 1.85. The number of carbonyl (C=O) groups is 1. The second kappa shape index (κ2) is 6.81. The number of benzene rings is 1. The van der Waals surface area contributed by atoms with Crippen molar-refractivity contribution < 1.29 is 9.53 Å². The molecule has 0 N–H and O–H groups in total. The lowest BCUT2D eigenvalue weighted by atomic mass is 10.1. The van der Waals surface area contributed by atoms with Crippen molar-refractivity contribution in [3.8, 4) is 0 Å². The van der Waals surface area contributed by atoms with Gasteiger partial charge in [-0.05, 0) is 12.0 Å². The number of nitrogens with zero attached hydrogens (tertiary/aromatic N) is 1. The second-order valence-electron chi connectivity index (χ2n) is 4.37. The van der Waals surface area contributed by atoms with Gasteiger partial charge in [0, 0.05) is 31.2 Å². The van der Waals surface area contributed by atoms with Crippen LogP contribution < -0.4 is 0 Å². The van der Waals surface area contributed by atoms with E-state index in [0.717, 1.165) is 25.3 Å². The van der Waals surface area contributed by atoms with E-state index in [4.69, 9.17) is 4.74 Å². The lowest BCUT2D eigenvalue weighted by Gasteiger charge is -2.19. The van der Waals surface area contributed by atoms with Gasteiger partial charge in [0.2, 0.25) is 5.91 Å². The molecule has 0 spiro atoms. The summed E-state index contributed by atoms with van der Waals surface area (Å²) in [6.07, 6.45) is 1.02. The largest absolute Gasteiger partial charge is 0.375 e. The molecule has 0 aliphatic carbocycles. The number of methoxy groups -OCH3 is 1. The van der Waals surface area contributed by atoms with Crippen molar-refractivity contribution in [3.63, 3.8) is 0 Å². The third-order valence-corrected chi connectivity index (χ3v) is 4.46. The number of rotatable bonds is 3. The van der Waals surface area contributed by atoms with Crippen molar-refractivity contribution in [3.05, 3.63) is 35.9 Å². The van der Waals surface area contributed by atoms with Crippen LogP contribution in [0, 0.1) is 0 Å². The van der Waals surface area contributed by atoms with Gasteiger partial charge < -0.3 is 9.64 Å². The Hall–Kier alpha value is -1.00. The van der Waals surface area contributed by atoms with Gasteiger partial charge in [-0.2, -0.15) is 11.8 Å². The summed E-state index contributed by atoms with van der Waals surface area (Å²) in [5.74, 6) is 1.10. The van der Waals surface area contributed by atoms with Crippen LogP contribution in [0.25, 0.3) is 0 Å². The zero-order valence-corrected chi connectivity index (χ0v) is 11.5. The molecule has 0 aromatic heterocycles. The predicted octanol–water partition coefficient (Wildman–Crippen LogP) is 2.34. The molecule has 1 amide bonds. The van der Waals surface area contributed by atoms with Crippen molar-refractivity contribution in [1.29, 1.82) is 0 Å². The van der Waals surface area contributed by atoms with E-state index in [1.165, 1.54) is 5.56 Å². The standard InChI is InChI=1S/C14H19NO2S/c1-17-11-14(16)15-8-7-13(18-10-9-15)12-5-3-2-4-6-12/h2-6,13H,7-11H2,1H3/t13-/m0/s1.